The van der Waals surface area contributed by atoms with Crippen molar-refractivity contribution in [3.8, 4) is 11.3 Å². The number of anilines is 1. The molecule has 0 saturated heterocycles. The Hall–Kier alpha value is -3.15. The number of nitrogens with one attached hydrogen (secondary N) is 2. The highest BCUT2D eigenvalue weighted by Gasteiger charge is 2.08. The van der Waals surface area contributed by atoms with Crippen LogP contribution in [0.25, 0.3) is 11.3 Å². The van der Waals surface area contributed by atoms with Gasteiger partial charge in [-0.25, -0.2) is 4.79 Å². The molecule has 6 heteroatoms. The maximum atomic E-state index is 11.8. The number of hydrogen-bond donors (Lipinski definition) is 2. The number of benzene rings is 1. The average molecular weight is 294 g/mol. The summed E-state index contributed by atoms with van der Waals surface area (Å²) < 4.78 is 5.22. The highest BCUT2D eigenvalue weighted by Crippen LogP contribution is 2.18. The lowest BCUT2D eigenvalue weighted by Crippen LogP contribution is -2.27. The lowest BCUT2D eigenvalue weighted by Gasteiger charge is -2.05. The number of pyridine rings is 1. The van der Waals surface area contributed by atoms with Crippen LogP contribution in [0.4, 0.5) is 10.5 Å². The maximum Gasteiger partial charge on any atom is 0.319 e. The molecule has 2 heterocycles. The average Bonchev–Trinajstić information content (AvgIpc) is 3.04. The van der Waals surface area contributed by atoms with Crippen LogP contribution in [0.15, 0.2) is 65.4 Å². The Morgan fingerprint density at radius 3 is 2.64 bits per heavy atom. The summed E-state index contributed by atoms with van der Waals surface area (Å²) >= 11 is 0. The summed E-state index contributed by atoms with van der Waals surface area (Å²) in [7, 11) is 0. The van der Waals surface area contributed by atoms with E-state index in [0.29, 0.717) is 11.4 Å². The van der Waals surface area contributed by atoms with E-state index in [0.717, 1.165) is 11.3 Å². The molecule has 110 valence electrons. The van der Waals surface area contributed by atoms with E-state index in [4.69, 9.17) is 4.52 Å². The van der Waals surface area contributed by atoms with E-state index in [-0.39, 0.29) is 12.6 Å². The fraction of sp³-hybridized carbons (Fsp3) is 0.0625. The minimum atomic E-state index is -0.316. The van der Waals surface area contributed by atoms with Crippen molar-refractivity contribution in [2.24, 2.45) is 0 Å². The van der Waals surface area contributed by atoms with Crippen LogP contribution in [-0.4, -0.2) is 16.2 Å². The molecular weight excluding hydrogens is 280 g/mol. The number of carbonyl (C=O) groups excluding carboxylic acids is 1. The van der Waals surface area contributed by atoms with Gasteiger partial charge >= 0.3 is 6.03 Å². The van der Waals surface area contributed by atoms with Crippen LogP contribution >= 0.6 is 0 Å². The normalized spacial score (nSPS) is 10.2. The first-order chi connectivity index (χ1) is 10.8. The Labute approximate surface area is 127 Å². The third-order valence-electron chi connectivity index (χ3n) is 2.99. The van der Waals surface area contributed by atoms with Gasteiger partial charge in [-0.3, -0.25) is 4.98 Å². The molecule has 0 unspecified atom stereocenters. The Kier molecular flexibility index (Phi) is 4.10. The van der Waals surface area contributed by atoms with Gasteiger partial charge in [0.15, 0.2) is 5.76 Å². The molecule has 0 bridgehead atoms. The van der Waals surface area contributed by atoms with Crippen molar-refractivity contribution in [3.63, 3.8) is 0 Å². The fourth-order valence-electron chi connectivity index (χ4n) is 1.92. The van der Waals surface area contributed by atoms with Crippen molar-refractivity contribution in [2.75, 3.05) is 5.32 Å². The molecule has 6 nitrogen and oxygen atoms in total. The lowest BCUT2D eigenvalue weighted by atomic mass is 10.1. The van der Waals surface area contributed by atoms with Gasteiger partial charge in [-0.2, -0.15) is 0 Å². The predicted octanol–water partition coefficient (Wildman–Crippen LogP) is 3.06. The molecular formula is C16H14N4O2. The van der Waals surface area contributed by atoms with Crippen LogP contribution < -0.4 is 10.6 Å². The molecule has 2 N–H and O–H groups in total. The molecule has 0 atom stereocenters. The zero-order valence-electron chi connectivity index (χ0n) is 11.7. The number of urea groups is 1. The second-order valence-corrected chi connectivity index (χ2v) is 4.59. The van der Waals surface area contributed by atoms with Crippen LogP contribution in [0.1, 0.15) is 5.76 Å². The van der Waals surface area contributed by atoms with Gasteiger partial charge in [0.2, 0.25) is 0 Å². The first-order valence-corrected chi connectivity index (χ1v) is 6.77. The molecule has 0 aliphatic carbocycles. The van der Waals surface area contributed by atoms with Crippen LogP contribution in [-0.2, 0) is 6.54 Å². The first kappa shape index (κ1) is 13.8. The molecule has 3 rings (SSSR count). The lowest BCUT2D eigenvalue weighted by molar-refractivity contribution is 0.250. The number of nitrogens with zero attached hydrogens (tertiary/aromatic N) is 2. The largest absolute Gasteiger partial charge is 0.359 e. The zero-order chi connectivity index (χ0) is 15.2. The van der Waals surface area contributed by atoms with Crippen LogP contribution in [0, 0.1) is 0 Å². The molecule has 2 amide bonds. The molecule has 1 aromatic carbocycles. The standard InChI is InChI=1S/C16H14N4O2/c21-16(19-13-6-8-17-9-7-13)18-11-14-10-15(20-22-14)12-4-2-1-3-5-12/h1-10H,11H2,(H2,17,18,19,21). The van der Waals surface area contributed by atoms with Gasteiger partial charge in [0.25, 0.3) is 0 Å². The van der Waals surface area contributed by atoms with Crippen LogP contribution in [0.2, 0.25) is 0 Å². The molecule has 2 aromatic heterocycles. The summed E-state index contributed by atoms with van der Waals surface area (Å²) in [6.07, 6.45) is 3.22. The zero-order valence-corrected chi connectivity index (χ0v) is 11.7. The smallest absolute Gasteiger partial charge is 0.319 e. The van der Waals surface area contributed by atoms with E-state index in [9.17, 15) is 4.79 Å². The summed E-state index contributed by atoms with van der Waals surface area (Å²) in [4.78, 5) is 15.6. The minimum absolute atomic E-state index is 0.261. The molecule has 0 radical (unpaired) electrons. The molecule has 0 aliphatic rings. The van der Waals surface area contributed by atoms with Gasteiger partial charge in [0.1, 0.15) is 5.69 Å². The van der Waals surface area contributed by atoms with Gasteiger partial charge in [0.05, 0.1) is 6.54 Å². The summed E-state index contributed by atoms with van der Waals surface area (Å²) in [5, 5.41) is 9.40. The maximum absolute atomic E-state index is 11.8. The molecule has 0 spiro atoms. The van der Waals surface area contributed by atoms with Crippen LogP contribution in [0.3, 0.4) is 0 Å². The highest BCUT2D eigenvalue weighted by atomic mass is 16.5. The van der Waals surface area contributed by atoms with E-state index in [2.05, 4.69) is 20.8 Å². The summed E-state index contributed by atoms with van der Waals surface area (Å²) in [5.74, 6) is 0.587. The van der Waals surface area contributed by atoms with E-state index < -0.39 is 0 Å². The summed E-state index contributed by atoms with van der Waals surface area (Å²) in [6.45, 7) is 0.261. The van der Waals surface area contributed by atoms with Crippen molar-refractivity contribution in [2.45, 2.75) is 6.54 Å². The number of aromatic nitrogens is 2. The Morgan fingerprint density at radius 1 is 1.09 bits per heavy atom. The van der Waals surface area contributed by atoms with Gasteiger partial charge in [0, 0.05) is 29.7 Å². The molecule has 0 aliphatic heterocycles. The summed E-state index contributed by atoms with van der Waals surface area (Å²) in [5.41, 5.74) is 2.39. The van der Waals surface area contributed by atoms with Crippen molar-refractivity contribution in [3.05, 3.63) is 66.7 Å². The van der Waals surface area contributed by atoms with Crippen molar-refractivity contribution >= 4 is 11.7 Å². The number of carbonyl (C=O) groups is 1. The Balaban J connectivity index is 1.56. The molecule has 3 aromatic rings. The molecule has 22 heavy (non-hydrogen) atoms. The molecule has 0 saturated carbocycles. The van der Waals surface area contributed by atoms with Gasteiger partial charge in [-0.1, -0.05) is 35.5 Å². The van der Waals surface area contributed by atoms with Crippen molar-refractivity contribution < 1.29 is 9.32 Å². The van der Waals surface area contributed by atoms with Gasteiger partial charge in [-0.15, -0.1) is 0 Å². The quantitative estimate of drug-likeness (QED) is 0.775. The first-order valence-electron chi connectivity index (χ1n) is 6.77. The molecule has 0 fully saturated rings. The summed E-state index contributed by atoms with van der Waals surface area (Å²) in [6, 6.07) is 14.6. The third-order valence-corrected chi connectivity index (χ3v) is 2.99. The number of hydrogen-bond acceptors (Lipinski definition) is 4. The van der Waals surface area contributed by atoms with Crippen molar-refractivity contribution in [1.29, 1.82) is 0 Å². The number of amides is 2. The second-order valence-electron chi connectivity index (χ2n) is 4.59. The van der Waals surface area contributed by atoms with E-state index in [1.165, 1.54) is 0 Å². The Morgan fingerprint density at radius 2 is 1.86 bits per heavy atom. The predicted molar refractivity (Wildman–Crippen MR) is 82.0 cm³/mol. The third kappa shape index (κ3) is 3.49. The minimum Gasteiger partial charge on any atom is -0.359 e. The van der Waals surface area contributed by atoms with Gasteiger partial charge < -0.3 is 15.2 Å². The second kappa shape index (κ2) is 6.53. The topological polar surface area (TPSA) is 80.0 Å². The monoisotopic (exact) mass is 294 g/mol. The van der Waals surface area contributed by atoms with E-state index in [1.54, 1.807) is 24.5 Å². The van der Waals surface area contributed by atoms with Gasteiger partial charge in [-0.05, 0) is 12.1 Å². The number of rotatable bonds is 4. The fourth-order valence-corrected chi connectivity index (χ4v) is 1.92. The highest BCUT2D eigenvalue weighted by molar-refractivity contribution is 5.88. The van der Waals surface area contributed by atoms with Crippen molar-refractivity contribution in [1.82, 2.24) is 15.5 Å². The van der Waals surface area contributed by atoms with Crippen LogP contribution in [0.5, 0.6) is 0 Å². The van der Waals surface area contributed by atoms with E-state index >= 15 is 0 Å². The SMILES string of the molecule is O=C(NCc1cc(-c2ccccc2)no1)Nc1ccncc1. The van der Waals surface area contributed by atoms with E-state index in [1.807, 2.05) is 36.4 Å². The Bertz CT molecular complexity index is 741.